The molecule has 2 aromatic carbocycles. The van der Waals surface area contributed by atoms with Crippen LogP contribution in [-0.2, 0) is 4.79 Å². The van der Waals surface area contributed by atoms with E-state index in [1.54, 1.807) is 12.1 Å². The van der Waals surface area contributed by atoms with Gasteiger partial charge in [-0.05, 0) is 42.8 Å². The Balaban J connectivity index is 2.46. The molecule has 7 heteroatoms. The Bertz CT molecular complexity index is 794. The number of nitrogens with two attached hydrogens (primary N) is 1. The molecule has 3 N–H and O–H groups in total. The van der Waals surface area contributed by atoms with Gasteiger partial charge in [-0.15, -0.1) is 0 Å². The molecule has 0 saturated carbocycles. The van der Waals surface area contributed by atoms with Crippen molar-refractivity contribution in [3.8, 4) is 5.75 Å². The van der Waals surface area contributed by atoms with Gasteiger partial charge in [0.15, 0.2) is 0 Å². The Hall–Kier alpha value is -2.11. The van der Waals surface area contributed by atoms with Gasteiger partial charge in [-0.1, -0.05) is 23.2 Å². The van der Waals surface area contributed by atoms with Gasteiger partial charge in [0.2, 0.25) is 5.91 Å². The SMILES string of the molecule is NC(=O)CCCN=C(c1cc(F)ccc1O)c1ccc(Cl)cc1Cl. The first-order chi connectivity index (χ1) is 11.4. The van der Waals surface area contributed by atoms with E-state index in [4.69, 9.17) is 28.9 Å². The summed E-state index contributed by atoms with van der Waals surface area (Å²) in [6.07, 6.45) is 0.611. The molecular weight excluding hydrogens is 354 g/mol. The first-order valence-electron chi connectivity index (χ1n) is 7.15. The number of nitrogens with zero attached hydrogens (tertiary/aromatic N) is 1. The Kier molecular flexibility index (Phi) is 6.17. The molecular formula is C17H15Cl2FN2O2. The number of rotatable bonds is 6. The van der Waals surface area contributed by atoms with Gasteiger partial charge >= 0.3 is 0 Å². The number of phenolic OH excluding ortho intramolecular Hbond substituents is 1. The summed E-state index contributed by atoms with van der Waals surface area (Å²) in [7, 11) is 0. The molecule has 0 aliphatic rings. The Morgan fingerprint density at radius 2 is 1.92 bits per heavy atom. The van der Waals surface area contributed by atoms with E-state index in [1.165, 1.54) is 18.2 Å². The van der Waals surface area contributed by atoms with Crippen molar-refractivity contribution in [2.24, 2.45) is 10.7 Å². The maximum atomic E-state index is 13.6. The molecule has 0 aliphatic heterocycles. The van der Waals surface area contributed by atoms with Crippen LogP contribution in [0, 0.1) is 5.82 Å². The summed E-state index contributed by atoms with van der Waals surface area (Å²) in [5.74, 6) is -1.07. The molecule has 24 heavy (non-hydrogen) atoms. The third kappa shape index (κ3) is 4.69. The largest absolute Gasteiger partial charge is 0.507 e. The van der Waals surface area contributed by atoms with Crippen LogP contribution in [0.4, 0.5) is 4.39 Å². The van der Waals surface area contributed by atoms with E-state index in [9.17, 15) is 14.3 Å². The highest BCUT2D eigenvalue weighted by Gasteiger charge is 2.16. The van der Waals surface area contributed by atoms with Gasteiger partial charge in [-0.25, -0.2) is 4.39 Å². The molecule has 4 nitrogen and oxygen atoms in total. The second-order valence-electron chi connectivity index (χ2n) is 5.09. The Labute approximate surface area is 148 Å². The first-order valence-corrected chi connectivity index (χ1v) is 7.91. The molecule has 0 aliphatic carbocycles. The van der Waals surface area contributed by atoms with Crippen molar-refractivity contribution in [1.82, 2.24) is 0 Å². The lowest BCUT2D eigenvalue weighted by molar-refractivity contribution is -0.118. The first kappa shape index (κ1) is 18.2. The van der Waals surface area contributed by atoms with Crippen molar-refractivity contribution in [2.45, 2.75) is 12.8 Å². The maximum Gasteiger partial charge on any atom is 0.217 e. The van der Waals surface area contributed by atoms with Crippen molar-refractivity contribution >= 4 is 34.8 Å². The highest BCUT2D eigenvalue weighted by molar-refractivity contribution is 6.38. The zero-order chi connectivity index (χ0) is 17.7. The number of aliphatic imine (C=N–C) groups is 1. The molecule has 0 bridgehead atoms. The molecule has 1 amide bonds. The monoisotopic (exact) mass is 368 g/mol. The van der Waals surface area contributed by atoms with Gasteiger partial charge < -0.3 is 10.8 Å². The van der Waals surface area contributed by atoms with E-state index >= 15 is 0 Å². The molecule has 0 atom stereocenters. The molecule has 0 aromatic heterocycles. The Morgan fingerprint density at radius 1 is 1.17 bits per heavy atom. The number of primary amides is 1. The van der Waals surface area contributed by atoms with Crippen molar-refractivity contribution in [1.29, 1.82) is 0 Å². The van der Waals surface area contributed by atoms with Gasteiger partial charge in [0, 0.05) is 29.1 Å². The van der Waals surface area contributed by atoms with Crippen LogP contribution in [0.3, 0.4) is 0 Å². The summed E-state index contributed by atoms with van der Waals surface area (Å²) in [6.45, 7) is 0.271. The Morgan fingerprint density at radius 3 is 2.58 bits per heavy atom. The summed E-state index contributed by atoms with van der Waals surface area (Å²) < 4.78 is 13.6. The number of hydrogen-bond acceptors (Lipinski definition) is 3. The molecule has 126 valence electrons. The predicted molar refractivity (Wildman–Crippen MR) is 93.5 cm³/mol. The van der Waals surface area contributed by atoms with Crippen LogP contribution < -0.4 is 5.73 Å². The van der Waals surface area contributed by atoms with Crippen LogP contribution >= 0.6 is 23.2 Å². The van der Waals surface area contributed by atoms with E-state index in [-0.39, 0.29) is 24.3 Å². The summed E-state index contributed by atoms with van der Waals surface area (Å²) >= 11 is 12.1. The third-order valence-electron chi connectivity index (χ3n) is 3.25. The highest BCUT2D eigenvalue weighted by atomic mass is 35.5. The van der Waals surface area contributed by atoms with Crippen LogP contribution in [0.2, 0.25) is 10.0 Å². The molecule has 2 aromatic rings. The van der Waals surface area contributed by atoms with Crippen LogP contribution in [0.5, 0.6) is 5.75 Å². The van der Waals surface area contributed by atoms with Gasteiger partial charge in [0.1, 0.15) is 11.6 Å². The fraction of sp³-hybridized carbons (Fsp3) is 0.176. The lowest BCUT2D eigenvalue weighted by atomic mass is 10.0. The normalized spacial score (nSPS) is 11.5. The van der Waals surface area contributed by atoms with Crippen LogP contribution in [-0.4, -0.2) is 23.3 Å². The second-order valence-corrected chi connectivity index (χ2v) is 5.93. The van der Waals surface area contributed by atoms with Crippen LogP contribution in [0.1, 0.15) is 24.0 Å². The van der Waals surface area contributed by atoms with Crippen molar-refractivity contribution in [3.05, 3.63) is 63.4 Å². The second kappa shape index (κ2) is 8.13. The smallest absolute Gasteiger partial charge is 0.217 e. The number of aromatic hydroxyl groups is 1. The summed E-state index contributed by atoms with van der Waals surface area (Å²) in [5.41, 5.74) is 6.13. The average Bonchev–Trinajstić information content (AvgIpc) is 2.51. The number of hydrogen-bond donors (Lipinski definition) is 2. The number of carbonyl (C=O) groups excluding carboxylic acids is 1. The summed E-state index contributed by atoms with van der Waals surface area (Å²) in [4.78, 5) is 15.2. The zero-order valence-corrected chi connectivity index (χ0v) is 14.1. The van der Waals surface area contributed by atoms with E-state index in [0.29, 0.717) is 27.7 Å². The number of benzene rings is 2. The lowest BCUT2D eigenvalue weighted by Crippen LogP contribution is -2.11. The molecule has 0 saturated heterocycles. The fourth-order valence-electron chi connectivity index (χ4n) is 2.14. The number of amides is 1. The van der Waals surface area contributed by atoms with Gasteiger partial charge in [0.25, 0.3) is 0 Å². The third-order valence-corrected chi connectivity index (χ3v) is 3.80. The van der Waals surface area contributed by atoms with E-state index in [1.807, 2.05) is 0 Å². The van der Waals surface area contributed by atoms with Crippen LogP contribution in [0.15, 0.2) is 41.4 Å². The number of halogens is 3. The number of carbonyl (C=O) groups is 1. The van der Waals surface area contributed by atoms with Crippen LogP contribution in [0.25, 0.3) is 0 Å². The average molecular weight is 369 g/mol. The zero-order valence-electron chi connectivity index (χ0n) is 12.6. The van der Waals surface area contributed by atoms with E-state index < -0.39 is 11.7 Å². The van der Waals surface area contributed by atoms with Gasteiger partial charge in [0.05, 0.1) is 10.7 Å². The maximum absolute atomic E-state index is 13.6. The van der Waals surface area contributed by atoms with Crippen molar-refractivity contribution in [2.75, 3.05) is 6.54 Å². The number of phenols is 1. The van der Waals surface area contributed by atoms with Gasteiger partial charge in [-0.3, -0.25) is 9.79 Å². The highest BCUT2D eigenvalue weighted by Crippen LogP contribution is 2.28. The fourth-order valence-corrected chi connectivity index (χ4v) is 2.64. The standard InChI is InChI=1S/C17H15Cl2FN2O2/c18-10-3-5-12(14(19)8-10)17(22-7-1-2-16(21)24)13-9-11(20)4-6-15(13)23/h3-6,8-9,23H,1-2,7H2,(H2,21,24). The minimum atomic E-state index is -0.516. The molecule has 0 spiro atoms. The molecule has 0 heterocycles. The topological polar surface area (TPSA) is 75.7 Å². The molecule has 0 radical (unpaired) electrons. The van der Waals surface area contributed by atoms with E-state index in [0.717, 1.165) is 6.07 Å². The quantitative estimate of drug-likeness (QED) is 0.598. The minimum absolute atomic E-state index is 0.129. The summed E-state index contributed by atoms with van der Waals surface area (Å²) in [6, 6.07) is 8.36. The predicted octanol–water partition coefficient (Wildman–Crippen LogP) is 3.94. The van der Waals surface area contributed by atoms with E-state index in [2.05, 4.69) is 4.99 Å². The van der Waals surface area contributed by atoms with Crippen molar-refractivity contribution < 1.29 is 14.3 Å². The van der Waals surface area contributed by atoms with Crippen molar-refractivity contribution in [3.63, 3.8) is 0 Å². The lowest BCUT2D eigenvalue weighted by Gasteiger charge is -2.12. The summed E-state index contributed by atoms with van der Waals surface area (Å²) in [5, 5.41) is 10.8. The molecule has 0 fully saturated rings. The van der Waals surface area contributed by atoms with Gasteiger partial charge in [-0.2, -0.15) is 0 Å². The minimum Gasteiger partial charge on any atom is -0.507 e. The molecule has 2 rings (SSSR count). The molecule has 0 unspecified atom stereocenters.